The number of nitrogens with zero attached hydrogens (tertiary/aromatic N) is 1. The number of benzene rings is 3. The molecule has 0 spiro atoms. The van der Waals surface area contributed by atoms with Crippen LogP contribution >= 0.6 is 23.2 Å². The summed E-state index contributed by atoms with van der Waals surface area (Å²) in [5.41, 5.74) is 2.70. The molecule has 166 valence electrons. The lowest BCUT2D eigenvalue weighted by molar-refractivity contribution is -0.140. The second kappa shape index (κ2) is 11.2. The summed E-state index contributed by atoms with van der Waals surface area (Å²) in [6.45, 7) is 1.85. The summed E-state index contributed by atoms with van der Waals surface area (Å²) < 4.78 is 0. The van der Waals surface area contributed by atoms with E-state index in [1.54, 1.807) is 37.1 Å². The zero-order valence-corrected chi connectivity index (χ0v) is 19.6. The van der Waals surface area contributed by atoms with Crippen molar-refractivity contribution in [3.8, 4) is 0 Å². The molecule has 1 N–H and O–H groups in total. The van der Waals surface area contributed by atoms with Crippen LogP contribution in [0.5, 0.6) is 0 Å². The van der Waals surface area contributed by atoms with Gasteiger partial charge in [0.2, 0.25) is 11.8 Å². The Morgan fingerprint density at radius 3 is 1.81 bits per heavy atom. The molecule has 0 aliphatic rings. The molecule has 0 unspecified atom stereocenters. The van der Waals surface area contributed by atoms with Gasteiger partial charge < -0.3 is 10.2 Å². The summed E-state index contributed by atoms with van der Waals surface area (Å²) >= 11 is 12.7. The van der Waals surface area contributed by atoms with Crippen molar-refractivity contribution in [2.45, 2.75) is 31.8 Å². The number of halogens is 2. The highest BCUT2D eigenvalue weighted by molar-refractivity contribution is 6.36. The maximum Gasteiger partial charge on any atom is 0.242 e. The second-order valence-corrected chi connectivity index (χ2v) is 8.40. The summed E-state index contributed by atoms with van der Waals surface area (Å²) in [5.74, 6) is -0.557. The molecule has 32 heavy (non-hydrogen) atoms. The third-order valence-electron chi connectivity index (χ3n) is 5.59. The van der Waals surface area contributed by atoms with E-state index < -0.39 is 6.04 Å². The fraction of sp³-hybridized carbons (Fsp3) is 0.231. The highest BCUT2D eigenvalue weighted by Crippen LogP contribution is 2.31. The third-order valence-corrected chi connectivity index (χ3v) is 6.29. The van der Waals surface area contributed by atoms with E-state index in [4.69, 9.17) is 23.2 Å². The summed E-state index contributed by atoms with van der Waals surface area (Å²) in [7, 11) is 1.56. The van der Waals surface area contributed by atoms with Gasteiger partial charge in [-0.25, -0.2) is 0 Å². The molecular weight excluding hydrogens is 443 g/mol. The monoisotopic (exact) mass is 468 g/mol. The minimum Gasteiger partial charge on any atom is -0.357 e. The van der Waals surface area contributed by atoms with Gasteiger partial charge in [0.05, 0.1) is 0 Å². The first-order valence-electron chi connectivity index (χ1n) is 10.5. The van der Waals surface area contributed by atoms with Crippen molar-refractivity contribution in [3.05, 3.63) is 106 Å². The molecule has 4 nitrogen and oxygen atoms in total. The molecule has 0 aliphatic heterocycles. The Kier molecular flexibility index (Phi) is 8.32. The normalized spacial score (nSPS) is 11.8. The summed E-state index contributed by atoms with van der Waals surface area (Å²) in [6, 6.07) is 24.3. The van der Waals surface area contributed by atoms with Crippen LogP contribution in [-0.2, 0) is 16.1 Å². The van der Waals surface area contributed by atoms with Crippen LogP contribution in [0.4, 0.5) is 0 Å². The van der Waals surface area contributed by atoms with E-state index >= 15 is 0 Å². The van der Waals surface area contributed by atoms with Gasteiger partial charge in [-0.2, -0.15) is 0 Å². The molecule has 0 aromatic heterocycles. The van der Waals surface area contributed by atoms with E-state index in [0.29, 0.717) is 15.6 Å². The lowest BCUT2D eigenvalue weighted by Gasteiger charge is -2.30. The SMILES string of the molecule is CNC(=O)[C@@H](C)N(Cc1c(Cl)cccc1Cl)C(=O)CC(c1ccccc1)c1ccccc1. The van der Waals surface area contributed by atoms with Gasteiger partial charge in [-0.05, 0) is 30.2 Å². The topological polar surface area (TPSA) is 49.4 Å². The molecule has 6 heteroatoms. The first-order valence-corrected chi connectivity index (χ1v) is 11.2. The second-order valence-electron chi connectivity index (χ2n) is 7.59. The zero-order chi connectivity index (χ0) is 23.1. The first-order chi connectivity index (χ1) is 15.4. The van der Waals surface area contributed by atoms with Crippen LogP contribution in [0.2, 0.25) is 10.0 Å². The van der Waals surface area contributed by atoms with Crippen molar-refractivity contribution in [2.24, 2.45) is 0 Å². The maximum absolute atomic E-state index is 13.6. The Bertz CT molecular complexity index is 998. The molecule has 0 bridgehead atoms. The van der Waals surface area contributed by atoms with Gasteiger partial charge in [0.15, 0.2) is 0 Å². The van der Waals surface area contributed by atoms with E-state index in [2.05, 4.69) is 5.32 Å². The van der Waals surface area contributed by atoms with Crippen LogP contribution in [0.3, 0.4) is 0 Å². The quantitative estimate of drug-likeness (QED) is 0.462. The molecule has 3 rings (SSSR count). The van der Waals surface area contributed by atoms with Gasteiger partial charge in [-0.15, -0.1) is 0 Å². The van der Waals surface area contributed by atoms with Crippen LogP contribution in [0, 0.1) is 0 Å². The number of nitrogens with one attached hydrogen (secondary N) is 1. The van der Waals surface area contributed by atoms with Gasteiger partial charge in [0, 0.05) is 41.5 Å². The predicted octanol–water partition coefficient (Wildman–Crippen LogP) is 5.68. The largest absolute Gasteiger partial charge is 0.357 e. The first kappa shape index (κ1) is 23.8. The number of carbonyl (C=O) groups excluding carboxylic acids is 2. The Morgan fingerprint density at radius 1 is 0.844 bits per heavy atom. The lowest BCUT2D eigenvalue weighted by Crippen LogP contribution is -2.47. The van der Waals surface area contributed by atoms with Gasteiger partial charge in [0.25, 0.3) is 0 Å². The molecular formula is C26H26Cl2N2O2. The highest BCUT2D eigenvalue weighted by atomic mass is 35.5. The van der Waals surface area contributed by atoms with Crippen LogP contribution in [-0.4, -0.2) is 29.8 Å². The maximum atomic E-state index is 13.6. The predicted molar refractivity (Wildman–Crippen MR) is 130 cm³/mol. The molecule has 0 fully saturated rings. The van der Waals surface area contributed by atoms with Crippen LogP contribution in [0.1, 0.15) is 36.0 Å². The van der Waals surface area contributed by atoms with E-state index in [9.17, 15) is 9.59 Å². The summed E-state index contributed by atoms with van der Waals surface area (Å²) in [4.78, 5) is 27.7. The van der Waals surface area contributed by atoms with Gasteiger partial charge >= 0.3 is 0 Å². The van der Waals surface area contributed by atoms with E-state index in [0.717, 1.165) is 11.1 Å². The summed E-state index contributed by atoms with van der Waals surface area (Å²) in [5, 5.41) is 3.55. The third kappa shape index (κ3) is 5.70. The minimum atomic E-state index is -0.688. The Hall–Kier alpha value is -2.82. The van der Waals surface area contributed by atoms with E-state index in [-0.39, 0.29) is 30.7 Å². The molecule has 2 amide bonds. The Labute approximate surface area is 199 Å². The summed E-state index contributed by atoms with van der Waals surface area (Å²) in [6.07, 6.45) is 0.206. The van der Waals surface area contributed by atoms with Crippen molar-refractivity contribution in [3.63, 3.8) is 0 Å². The van der Waals surface area contributed by atoms with Gasteiger partial charge in [-0.3, -0.25) is 9.59 Å². The number of carbonyl (C=O) groups is 2. The van der Waals surface area contributed by atoms with E-state index in [1.165, 1.54) is 0 Å². The molecule has 1 atom stereocenters. The molecule has 0 aliphatic carbocycles. The molecule has 0 heterocycles. The van der Waals surface area contributed by atoms with Gasteiger partial charge in [-0.1, -0.05) is 89.9 Å². The van der Waals surface area contributed by atoms with Crippen molar-refractivity contribution in [1.82, 2.24) is 10.2 Å². The fourth-order valence-corrected chi connectivity index (χ4v) is 4.25. The van der Waals surface area contributed by atoms with Crippen LogP contribution in [0.15, 0.2) is 78.9 Å². The standard InChI is InChI=1S/C26H26Cl2N2O2/c1-18(26(32)29-2)30(17-22-23(27)14-9-15-24(22)28)25(31)16-21(19-10-5-3-6-11-19)20-12-7-4-8-13-20/h3-15,18,21H,16-17H2,1-2H3,(H,29,32)/t18-/m1/s1. The lowest BCUT2D eigenvalue weighted by atomic mass is 9.88. The number of hydrogen-bond donors (Lipinski definition) is 1. The van der Waals surface area contributed by atoms with Crippen molar-refractivity contribution >= 4 is 35.0 Å². The van der Waals surface area contributed by atoms with E-state index in [1.807, 2.05) is 60.7 Å². The zero-order valence-electron chi connectivity index (χ0n) is 18.1. The Morgan fingerprint density at radius 2 is 1.34 bits per heavy atom. The van der Waals surface area contributed by atoms with Crippen molar-refractivity contribution in [1.29, 1.82) is 0 Å². The minimum absolute atomic E-state index is 0.141. The van der Waals surface area contributed by atoms with Crippen molar-refractivity contribution in [2.75, 3.05) is 7.05 Å². The average molecular weight is 469 g/mol. The highest BCUT2D eigenvalue weighted by Gasteiger charge is 2.29. The number of likely N-dealkylation sites (N-methyl/N-ethyl adjacent to an activating group) is 1. The van der Waals surface area contributed by atoms with Gasteiger partial charge in [0.1, 0.15) is 6.04 Å². The molecule has 0 saturated carbocycles. The number of amides is 2. The smallest absolute Gasteiger partial charge is 0.242 e. The number of rotatable bonds is 8. The Balaban J connectivity index is 1.96. The number of hydrogen-bond acceptors (Lipinski definition) is 2. The molecule has 3 aromatic rings. The molecule has 0 saturated heterocycles. The molecule has 3 aromatic carbocycles. The fourth-order valence-electron chi connectivity index (χ4n) is 3.74. The average Bonchev–Trinajstić information content (AvgIpc) is 2.82. The molecule has 0 radical (unpaired) electrons. The van der Waals surface area contributed by atoms with Crippen LogP contribution < -0.4 is 5.32 Å². The van der Waals surface area contributed by atoms with Crippen LogP contribution in [0.25, 0.3) is 0 Å². The van der Waals surface area contributed by atoms with Crippen molar-refractivity contribution < 1.29 is 9.59 Å².